The molecule has 0 radical (unpaired) electrons. The van der Waals surface area contributed by atoms with Gasteiger partial charge in [-0.3, -0.25) is 4.79 Å². The fraction of sp³-hybridized carbons (Fsp3) is 0.471. The summed E-state index contributed by atoms with van der Waals surface area (Å²) in [5.41, 5.74) is 0. The van der Waals surface area contributed by atoms with Gasteiger partial charge in [0.05, 0.1) is 19.3 Å². The molecular weight excluding hydrogens is 308 g/mol. The van der Waals surface area contributed by atoms with Crippen LogP contribution in [0, 0.1) is 20.8 Å². The van der Waals surface area contributed by atoms with E-state index >= 15 is 0 Å². The second-order valence-electron chi connectivity index (χ2n) is 5.95. The topological polar surface area (TPSA) is 73.4 Å². The number of ether oxygens (including phenoxy) is 1. The molecule has 7 heteroatoms. The van der Waals surface area contributed by atoms with Crippen molar-refractivity contribution in [3.8, 4) is 0 Å². The lowest BCUT2D eigenvalue weighted by Gasteiger charge is -2.32. The fourth-order valence-corrected chi connectivity index (χ4v) is 2.76. The number of carbonyl (C=O) groups is 1. The smallest absolute Gasteiger partial charge is 0.246 e. The Morgan fingerprint density at radius 3 is 2.88 bits per heavy atom. The summed E-state index contributed by atoms with van der Waals surface area (Å²) in [5, 5.41) is 4.35. The number of amides is 1. The molecule has 1 atom stereocenters. The van der Waals surface area contributed by atoms with Crippen molar-refractivity contribution in [2.75, 3.05) is 19.7 Å². The lowest BCUT2D eigenvalue weighted by atomic mass is 10.2. The molecule has 0 aromatic carbocycles. The van der Waals surface area contributed by atoms with Gasteiger partial charge < -0.3 is 14.1 Å². The van der Waals surface area contributed by atoms with Gasteiger partial charge in [-0.25, -0.2) is 9.67 Å². The number of nitrogens with zero attached hydrogens (tertiary/aromatic N) is 4. The van der Waals surface area contributed by atoms with Gasteiger partial charge in [0.25, 0.3) is 0 Å². The maximum absolute atomic E-state index is 12.4. The summed E-state index contributed by atoms with van der Waals surface area (Å²) in [5.74, 6) is 3.07. The fourth-order valence-electron chi connectivity index (χ4n) is 2.76. The molecule has 1 aliphatic rings. The molecule has 1 aliphatic heterocycles. The van der Waals surface area contributed by atoms with Gasteiger partial charge in [-0.2, -0.15) is 5.10 Å². The van der Waals surface area contributed by atoms with Gasteiger partial charge >= 0.3 is 0 Å². The molecule has 0 unspecified atom stereocenters. The average molecular weight is 330 g/mol. The second kappa shape index (κ2) is 7.00. The number of rotatable bonds is 4. The van der Waals surface area contributed by atoms with E-state index in [1.54, 1.807) is 17.1 Å². The molecule has 2 aromatic heterocycles. The highest BCUT2D eigenvalue weighted by Gasteiger charge is 2.24. The van der Waals surface area contributed by atoms with E-state index in [1.807, 2.05) is 37.6 Å². The first kappa shape index (κ1) is 16.4. The third-order valence-electron chi connectivity index (χ3n) is 3.94. The summed E-state index contributed by atoms with van der Waals surface area (Å²) in [6.45, 7) is 7.90. The van der Waals surface area contributed by atoms with Crippen LogP contribution in [0.5, 0.6) is 0 Å². The Balaban J connectivity index is 1.59. The molecule has 0 spiro atoms. The first-order valence-corrected chi connectivity index (χ1v) is 8.04. The molecular formula is C17H22N4O3. The average Bonchev–Trinajstić information content (AvgIpc) is 3.10. The van der Waals surface area contributed by atoms with Crippen LogP contribution in [0.25, 0.3) is 6.08 Å². The van der Waals surface area contributed by atoms with Crippen LogP contribution in [0.3, 0.4) is 0 Å². The first-order valence-electron chi connectivity index (χ1n) is 8.04. The third kappa shape index (κ3) is 3.91. The number of furan rings is 1. The van der Waals surface area contributed by atoms with E-state index in [4.69, 9.17) is 9.15 Å². The molecule has 0 bridgehead atoms. The van der Waals surface area contributed by atoms with Crippen LogP contribution >= 0.6 is 0 Å². The van der Waals surface area contributed by atoms with E-state index in [2.05, 4.69) is 10.1 Å². The van der Waals surface area contributed by atoms with Crippen LogP contribution in [0.15, 0.2) is 22.6 Å². The monoisotopic (exact) mass is 330 g/mol. The third-order valence-corrected chi connectivity index (χ3v) is 3.94. The number of hydrogen-bond donors (Lipinski definition) is 0. The van der Waals surface area contributed by atoms with Crippen LogP contribution in [-0.4, -0.2) is 51.4 Å². The van der Waals surface area contributed by atoms with Gasteiger partial charge in [0.2, 0.25) is 5.91 Å². The van der Waals surface area contributed by atoms with Crippen LogP contribution in [0.4, 0.5) is 0 Å². The minimum absolute atomic E-state index is 0.0381. The van der Waals surface area contributed by atoms with E-state index in [9.17, 15) is 4.79 Å². The minimum Gasteiger partial charge on any atom is -0.462 e. The Morgan fingerprint density at radius 2 is 2.21 bits per heavy atom. The van der Waals surface area contributed by atoms with E-state index in [1.165, 1.54) is 0 Å². The predicted octanol–water partition coefficient (Wildman–Crippen LogP) is 1.74. The van der Waals surface area contributed by atoms with Crippen molar-refractivity contribution in [3.63, 3.8) is 0 Å². The maximum atomic E-state index is 12.4. The molecule has 128 valence electrons. The summed E-state index contributed by atoms with van der Waals surface area (Å²) < 4.78 is 13.0. The molecule has 0 N–H and O–H groups in total. The van der Waals surface area contributed by atoms with Gasteiger partial charge in [0.1, 0.15) is 23.2 Å². The summed E-state index contributed by atoms with van der Waals surface area (Å²) in [6.07, 6.45) is 3.16. The van der Waals surface area contributed by atoms with E-state index in [0.717, 1.165) is 17.4 Å². The zero-order chi connectivity index (χ0) is 17.1. The number of carbonyl (C=O) groups excluding carboxylic acids is 1. The number of aryl methyl sites for hydroxylation is 3. The van der Waals surface area contributed by atoms with Gasteiger partial charge in [-0.1, -0.05) is 0 Å². The Morgan fingerprint density at radius 1 is 1.38 bits per heavy atom. The SMILES string of the molecule is Cc1nc(C)n(C[C@H]2CN(C(=O)/C=C/c3ccc(C)o3)CCO2)n1. The molecule has 0 aliphatic carbocycles. The Hall–Kier alpha value is -2.41. The largest absolute Gasteiger partial charge is 0.462 e. The molecule has 1 saturated heterocycles. The molecule has 24 heavy (non-hydrogen) atoms. The van der Waals surface area contributed by atoms with Crippen molar-refractivity contribution in [1.29, 1.82) is 0 Å². The van der Waals surface area contributed by atoms with Crippen LogP contribution in [0.2, 0.25) is 0 Å². The number of aromatic nitrogens is 3. The predicted molar refractivity (Wildman–Crippen MR) is 88.3 cm³/mol. The first-order chi connectivity index (χ1) is 11.5. The quantitative estimate of drug-likeness (QED) is 0.798. The van der Waals surface area contributed by atoms with Crippen molar-refractivity contribution in [1.82, 2.24) is 19.7 Å². The van der Waals surface area contributed by atoms with E-state index in [-0.39, 0.29) is 12.0 Å². The van der Waals surface area contributed by atoms with Gasteiger partial charge in [-0.05, 0) is 39.0 Å². The van der Waals surface area contributed by atoms with Crippen molar-refractivity contribution >= 4 is 12.0 Å². The highest BCUT2D eigenvalue weighted by Crippen LogP contribution is 2.11. The van der Waals surface area contributed by atoms with Crippen molar-refractivity contribution in [3.05, 3.63) is 41.4 Å². The van der Waals surface area contributed by atoms with Crippen LogP contribution < -0.4 is 0 Å². The summed E-state index contributed by atoms with van der Waals surface area (Å²) in [4.78, 5) is 18.4. The molecule has 0 saturated carbocycles. The Labute approximate surface area is 140 Å². The highest BCUT2D eigenvalue weighted by atomic mass is 16.5. The molecule has 2 aromatic rings. The molecule has 1 amide bonds. The normalized spacial score (nSPS) is 18.5. The van der Waals surface area contributed by atoms with Crippen molar-refractivity contribution in [2.45, 2.75) is 33.4 Å². The lowest BCUT2D eigenvalue weighted by Crippen LogP contribution is -2.46. The summed E-state index contributed by atoms with van der Waals surface area (Å²) in [6, 6.07) is 3.72. The summed E-state index contributed by atoms with van der Waals surface area (Å²) >= 11 is 0. The van der Waals surface area contributed by atoms with Gasteiger partial charge in [0, 0.05) is 19.2 Å². The van der Waals surface area contributed by atoms with E-state index < -0.39 is 0 Å². The number of hydrogen-bond acceptors (Lipinski definition) is 5. The van der Waals surface area contributed by atoms with Crippen LogP contribution in [0.1, 0.15) is 23.2 Å². The Kier molecular flexibility index (Phi) is 4.80. The van der Waals surface area contributed by atoms with E-state index in [0.29, 0.717) is 32.0 Å². The second-order valence-corrected chi connectivity index (χ2v) is 5.95. The molecule has 7 nitrogen and oxygen atoms in total. The highest BCUT2D eigenvalue weighted by molar-refractivity contribution is 5.91. The maximum Gasteiger partial charge on any atom is 0.246 e. The van der Waals surface area contributed by atoms with Gasteiger partial charge in [0.15, 0.2) is 0 Å². The Bertz CT molecular complexity index is 747. The summed E-state index contributed by atoms with van der Waals surface area (Å²) in [7, 11) is 0. The lowest BCUT2D eigenvalue weighted by molar-refractivity contribution is -0.134. The van der Waals surface area contributed by atoms with Gasteiger partial charge in [-0.15, -0.1) is 0 Å². The standard InChI is InChI=1S/C17H22N4O3/c1-12-4-5-15(24-12)6-7-17(22)20-8-9-23-16(10-20)11-21-14(3)18-13(2)19-21/h4-7,16H,8-11H2,1-3H3/b7-6+/t16-/m1/s1. The minimum atomic E-state index is -0.0817. The van der Waals surface area contributed by atoms with Crippen LogP contribution in [-0.2, 0) is 16.1 Å². The zero-order valence-corrected chi connectivity index (χ0v) is 14.2. The molecule has 3 rings (SSSR count). The molecule has 3 heterocycles. The van der Waals surface area contributed by atoms with Crippen molar-refractivity contribution < 1.29 is 13.9 Å². The number of morpholine rings is 1. The molecule has 1 fully saturated rings. The zero-order valence-electron chi connectivity index (χ0n) is 14.2. The van der Waals surface area contributed by atoms with Crippen molar-refractivity contribution in [2.24, 2.45) is 0 Å².